The van der Waals surface area contributed by atoms with Gasteiger partial charge in [0.2, 0.25) is 0 Å². The van der Waals surface area contributed by atoms with Crippen LogP contribution in [-0.4, -0.2) is 24.8 Å². The largest absolute Gasteiger partial charge is 0.303 e. The molecule has 0 heterocycles. The lowest BCUT2D eigenvalue weighted by atomic mass is 9.88. The minimum Gasteiger partial charge on any atom is -0.303 e. The summed E-state index contributed by atoms with van der Waals surface area (Å²) in [6, 6.07) is 8.12. The molecule has 0 radical (unpaired) electrons. The van der Waals surface area contributed by atoms with Crippen molar-refractivity contribution in [1.29, 1.82) is 0 Å². The van der Waals surface area contributed by atoms with Crippen LogP contribution in [0.25, 0.3) is 0 Å². The lowest BCUT2D eigenvalue weighted by molar-refractivity contribution is -0.116. The van der Waals surface area contributed by atoms with Crippen LogP contribution in [0.15, 0.2) is 24.3 Å². The van der Waals surface area contributed by atoms with E-state index < -0.39 is 0 Å². The van der Waals surface area contributed by atoms with Gasteiger partial charge in [0.15, 0.2) is 0 Å². The number of carbonyl (C=O) groups excluding carboxylic acids is 1. The molecule has 1 aromatic carbocycles. The van der Waals surface area contributed by atoms with Crippen molar-refractivity contribution in [2.45, 2.75) is 33.2 Å². The summed E-state index contributed by atoms with van der Waals surface area (Å²) in [7, 11) is 2.04. The lowest BCUT2D eigenvalue weighted by Crippen LogP contribution is -2.35. The third-order valence-electron chi connectivity index (χ3n) is 3.70. The van der Waals surface area contributed by atoms with Crippen LogP contribution in [0.4, 0.5) is 0 Å². The first kappa shape index (κ1) is 15.2. The third-order valence-corrected chi connectivity index (χ3v) is 3.93. The van der Waals surface area contributed by atoms with Gasteiger partial charge in [-0.15, -0.1) is 0 Å². The van der Waals surface area contributed by atoms with Crippen molar-refractivity contribution >= 4 is 17.9 Å². The Balaban J connectivity index is 2.78. The normalized spacial score (nSPS) is 16.3. The maximum absolute atomic E-state index is 11.2. The molecule has 0 N–H and O–H groups in total. The molecule has 18 heavy (non-hydrogen) atoms. The monoisotopic (exact) mass is 267 g/mol. The molecule has 0 spiro atoms. The summed E-state index contributed by atoms with van der Waals surface area (Å²) in [4.78, 5) is 13.4. The molecule has 0 aliphatic heterocycles. The van der Waals surface area contributed by atoms with E-state index in [-0.39, 0.29) is 11.5 Å². The van der Waals surface area contributed by atoms with Gasteiger partial charge in [-0.1, -0.05) is 37.6 Å². The molecule has 1 aromatic rings. The van der Waals surface area contributed by atoms with Crippen molar-refractivity contribution in [3.63, 3.8) is 0 Å². The quantitative estimate of drug-likeness (QED) is 0.728. The summed E-state index contributed by atoms with van der Waals surface area (Å²) in [5.41, 5.74) is 0.899. The fourth-order valence-corrected chi connectivity index (χ4v) is 2.16. The van der Waals surface area contributed by atoms with Crippen LogP contribution in [0, 0.1) is 5.41 Å². The van der Waals surface area contributed by atoms with Crippen molar-refractivity contribution in [2.24, 2.45) is 5.41 Å². The molecule has 2 atom stereocenters. The molecular weight excluding hydrogens is 246 g/mol. The zero-order valence-electron chi connectivity index (χ0n) is 11.6. The first-order valence-electron chi connectivity index (χ1n) is 6.34. The molecule has 100 valence electrons. The van der Waals surface area contributed by atoms with Gasteiger partial charge in [-0.25, -0.2) is 0 Å². The van der Waals surface area contributed by atoms with E-state index in [1.807, 2.05) is 39.1 Å². The van der Waals surface area contributed by atoms with Crippen molar-refractivity contribution in [2.75, 3.05) is 13.6 Å². The summed E-state index contributed by atoms with van der Waals surface area (Å²) in [5, 5.41) is 0.751. The summed E-state index contributed by atoms with van der Waals surface area (Å²) >= 11 is 6.01. The van der Waals surface area contributed by atoms with Crippen LogP contribution < -0.4 is 0 Å². The topological polar surface area (TPSA) is 20.3 Å². The van der Waals surface area contributed by atoms with Crippen molar-refractivity contribution in [1.82, 2.24) is 4.90 Å². The molecule has 2 nitrogen and oxygen atoms in total. The molecule has 0 aromatic heterocycles. The Hall–Kier alpha value is -0.860. The van der Waals surface area contributed by atoms with Gasteiger partial charge in [-0.3, -0.25) is 4.90 Å². The first-order valence-corrected chi connectivity index (χ1v) is 6.71. The molecule has 0 aliphatic rings. The minimum absolute atomic E-state index is 0.245. The van der Waals surface area contributed by atoms with Gasteiger partial charge in [0.25, 0.3) is 0 Å². The summed E-state index contributed by atoms with van der Waals surface area (Å²) in [6.45, 7) is 6.93. The van der Waals surface area contributed by atoms with E-state index >= 15 is 0 Å². The van der Waals surface area contributed by atoms with Crippen LogP contribution in [-0.2, 0) is 4.79 Å². The van der Waals surface area contributed by atoms with Gasteiger partial charge in [0.1, 0.15) is 6.29 Å². The predicted molar refractivity (Wildman–Crippen MR) is 77.0 cm³/mol. The van der Waals surface area contributed by atoms with Crippen molar-refractivity contribution < 1.29 is 4.79 Å². The average molecular weight is 268 g/mol. The van der Waals surface area contributed by atoms with Crippen molar-refractivity contribution in [3.05, 3.63) is 34.9 Å². The first-order chi connectivity index (χ1) is 8.41. The minimum atomic E-state index is -0.276. The van der Waals surface area contributed by atoms with E-state index in [1.54, 1.807) is 0 Å². The Kier molecular flexibility index (Phi) is 5.36. The van der Waals surface area contributed by atoms with Crippen LogP contribution in [0.3, 0.4) is 0 Å². The van der Waals surface area contributed by atoms with E-state index in [4.69, 9.17) is 11.6 Å². The molecule has 0 saturated carbocycles. The van der Waals surface area contributed by atoms with Crippen LogP contribution in [0.2, 0.25) is 5.02 Å². The molecule has 2 unspecified atom stereocenters. The van der Waals surface area contributed by atoms with Crippen LogP contribution in [0.5, 0.6) is 0 Å². The van der Waals surface area contributed by atoms with E-state index in [0.29, 0.717) is 0 Å². The number of benzene rings is 1. The number of halogens is 1. The van der Waals surface area contributed by atoms with Gasteiger partial charge in [0.05, 0.1) is 0 Å². The highest BCUT2D eigenvalue weighted by Crippen LogP contribution is 2.26. The second kappa shape index (κ2) is 6.35. The highest BCUT2D eigenvalue weighted by atomic mass is 35.5. The van der Waals surface area contributed by atoms with Gasteiger partial charge >= 0.3 is 0 Å². The zero-order valence-corrected chi connectivity index (χ0v) is 12.4. The van der Waals surface area contributed by atoms with Crippen molar-refractivity contribution in [3.8, 4) is 0 Å². The van der Waals surface area contributed by atoms with E-state index in [0.717, 1.165) is 24.3 Å². The molecule has 0 bridgehead atoms. The molecule has 3 heteroatoms. The molecule has 0 fully saturated rings. The fraction of sp³-hybridized carbons (Fsp3) is 0.533. The summed E-state index contributed by atoms with van der Waals surface area (Å²) < 4.78 is 0. The highest BCUT2D eigenvalue weighted by molar-refractivity contribution is 6.30. The molecule has 0 saturated heterocycles. The SMILES string of the molecule is CCC(C)(C=O)CN(C)C(C)c1cccc(Cl)c1. The highest BCUT2D eigenvalue weighted by Gasteiger charge is 2.25. The second-order valence-corrected chi connectivity index (χ2v) is 5.71. The Morgan fingerprint density at radius 3 is 2.67 bits per heavy atom. The number of rotatable bonds is 6. The second-order valence-electron chi connectivity index (χ2n) is 5.27. The Morgan fingerprint density at radius 2 is 2.17 bits per heavy atom. The maximum atomic E-state index is 11.2. The lowest BCUT2D eigenvalue weighted by Gasteiger charge is -2.32. The number of aldehydes is 1. The third kappa shape index (κ3) is 3.82. The number of nitrogens with zero attached hydrogens (tertiary/aromatic N) is 1. The predicted octanol–water partition coefficient (Wildman–Crippen LogP) is 3.95. The molecule has 0 aliphatic carbocycles. The standard InChI is InChI=1S/C15H22ClNO/c1-5-15(3,11-18)10-17(4)12(2)13-7-6-8-14(16)9-13/h6-9,11-12H,5,10H2,1-4H3. The molecule has 1 rings (SSSR count). The summed E-state index contributed by atoms with van der Waals surface area (Å²) in [6.07, 6.45) is 1.91. The van der Waals surface area contributed by atoms with Crippen LogP contribution >= 0.6 is 11.6 Å². The molecule has 0 amide bonds. The van der Waals surface area contributed by atoms with Gasteiger partial charge in [-0.2, -0.15) is 0 Å². The number of carbonyl (C=O) groups is 1. The zero-order chi connectivity index (χ0) is 13.8. The Labute approximate surface area is 115 Å². The molecular formula is C15H22ClNO. The van der Waals surface area contributed by atoms with Gasteiger partial charge in [-0.05, 0) is 38.1 Å². The smallest absolute Gasteiger partial charge is 0.127 e. The number of hydrogen-bond acceptors (Lipinski definition) is 2. The Bertz CT molecular complexity index is 407. The van der Waals surface area contributed by atoms with Gasteiger partial charge in [0, 0.05) is 23.0 Å². The fourth-order valence-electron chi connectivity index (χ4n) is 1.96. The van der Waals surface area contributed by atoms with Gasteiger partial charge < -0.3 is 4.79 Å². The van der Waals surface area contributed by atoms with Crippen LogP contribution in [0.1, 0.15) is 38.8 Å². The average Bonchev–Trinajstić information content (AvgIpc) is 2.37. The maximum Gasteiger partial charge on any atom is 0.127 e. The summed E-state index contributed by atoms with van der Waals surface area (Å²) in [5.74, 6) is 0. The van der Waals surface area contributed by atoms with E-state index in [2.05, 4.69) is 17.9 Å². The number of hydrogen-bond donors (Lipinski definition) is 0. The Morgan fingerprint density at radius 1 is 1.50 bits per heavy atom. The van der Waals surface area contributed by atoms with E-state index in [1.165, 1.54) is 5.56 Å². The van der Waals surface area contributed by atoms with E-state index in [9.17, 15) is 4.79 Å².